The van der Waals surface area contributed by atoms with Gasteiger partial charge in [-0.25, -0.2) is 0 Å². The summed E-state index contributed by atoms with van der Waals surface area (Å²) >= 11 is 3.29. The van der Waals surface area contributed by atoms with Crippen LogP contribution in [0.15, 0.2) is 24.3 Å². The lowest BCUT2D eigenvalue weighted by Crippen LogP contribution is -2.11. The Balaban J connectivity index is 2.89. The van der Waals surface area contributed by atoms with E-state index in [4.69, 9.17) is 9.47 Å². The van der Waals surface area contributed by atoms with Crippen molar-refractivity contribution in [2.24, 2.45) is 0 Å². The highest BCUT2D eigenvalue weighted by Gasteiger charge is 2.21. The number of hydrogen-bond acceptors (Lipinski definition) is 3. The molecule has 0 fully saturated rings. The zero-order chi connectivity index (χ0) is 11.3. The van der Waals surface area contributed by atoms with Crippen LogP contribution in [0.1, 0.15) is 17.3 Å². The molecule has 1 aromatic carbocycles. The molecule has 0 aromatic heterocycles. The molecule has 3 nitrogen and oxygen atoms in total. The van der Waals surface area contributed by atoms with Gasteiger partial charge in [-0.15, -0.1) is 0 Å². The van der Waals surface area contributed by atoms with Crippen molar-refractivity contribution in [3.63, 3.8) is 0 Å². The minimum absolute atomic E-state index is 0.304. The number of rotatable bonds is 4. The molecule has 1 atom stereocenters. The maximum absolute atomic E-state index is 11.5. The Kier molecular flexibility index (Phi) is 4.62. The number of esters is 1. The first-order valence-corrected chi connectivity index (χ1v) is 5.55. The van der Waals surface area contributed by atoms with Crippen LogP contribution < -0.4 is 4.74 Å². The molecule has 0 aliphatic rings. The third-order valence-corrected chi connectivity index (χ3v) is 2.77. The summed E-state index contributed by atoms with van der Waals surface area (Å²) in [6.45, 7) is 2.15. The number of para-hydroxylation sites is 1. The largest absolute Gasteiger partial charge is 0.496 e. The number of ether oxygens (including phenoxy) is 2. The molecular weight excluding hydrogens is 260 g/mol. The van der Waals surface area contributed by atoms with Crippen LogP contribution in [-0.4, -0.2) is 19.7 Å². The second kappa shape index (κ2) is 5.75. The number of methoxy groups -OCH3 is 1. The van der Waals surface area contributed by atoms with Gasteiger partial charge in [-0.2, -0.15) is 0 Å². The normalized spacial score (nSPS) is 11.9. The maximum Gasteiger partial charge on any atom is 0.324 e. The summed E-state index contributed by atoms with van der Waals surface area (Å²) in [4.78, 5) is 11.0. The monoisotopic (exact) mass is 272 g/mol. The molecule has 4 heteroatoms. The molecule has 1 rings (SSSR count). The summed E-state index contributed by atoms with van der Waals surface area (Å²) < 4.78 is 10.1. The number of benzene rings is 1. The predicted octanol–water partition coefficient (Wildman–Crippen LogP) is 2.69. The Hall–Kier alpha value is -1.03. The summed E-state index contributed by atoms with van der Waals surface area (Å²) in [5, 5.41) is 0. The molecule has 15 heavy (non-hydrogen) atoms. The van der Waals surface area contributed by atoms with Gasteiger partial charge >= 0.3 is 5.97 Å². The van der Waals surface area contributed by atoms with Crippen molar-refractivity contribution >= 4 is 21.9 Å². The summed E-state index contributed by atoms with van der Waals surface area (Å²) in [6.07, 6.45) is 0. The van der Waals surface area contributed by atoms with Gasteiger partial charge in [-0.3, -0.25) is 4.79 Å². The van der Waals surface area contributed by atoms with Gasteiger partial charge in [0.15, 0.2) is 0 Å². The van der Waals surface area contributed by atoms with Gasteiger partial charge in [0.25, 0.3) is 0 Å². The van der Waals surface area contributed by atoms with Crippen molar-refractivity contribution in [3.05, 3.63) is 29.8 Å². The zero-order valence-corrected chi connectivity index (χ0v) is 10.3. The van der Waals surface area contributed by atoms with Crippen molar-refractivity contribution in [2.75, 3.05) is 13.7 Å². The first-order valence-electron chi connectivity index (χ1n) is 4.64. The molecule has 1 aromatic rings. The van der Waals surface area contributed by atoms with E-state index in [-0.39, 0.29) is 5.97 Å². The quantitative estimate of drug-likeness (QED) is 0.625. The molecule has 1 unspecified atom stereocenters. The van der Waals surface area contributed by atoms with Crippen molar-refractivity contribution in [3.8, 4) is 5.75 Å². The molecule has 0 heterocycles. The fourth-order valence-corrected chi connectivity index (χ4v) is 1.73. The Bertz CT molecular complexity index is 338. The lowest BCUT2D eigenvalue weighted by Gasteiger charge is -2.12. The second-order valence-corrected chi connectivity index (χ2v) is 3.77. The fraction of sp³-hybridized carbons (Fsp3) is 0.364. The average molecular weight is 273 g/mol. The first kappa shape index (κ1) is 12.0. The van der Waals surface area contributed by atoms with Gasteiger partial charge in [-0.05, 0) is 13.0 Å². The number of carbonyl (C=O) groups is 1. The van der Waals surface area contributed by atoms with Crippen molar-refractivity contribution in [2.45, 2.75) is 11.8 Å². The minimum Gasteiger partial charge on any atom is -0.496 e. The molecule has 0 amide bonds. The predicted molar refractivity (Wildman–Crippen MR) is 61.3 cm³/mol. The standard InChI is InChI=1S/C11H13BrO3/c1-3-15-11(13)10(12)8-6-4-5-7-9(8)14-2/h4-7,10H,3H2,1-2H3. The molecule has 0 saturated heterocycles. The lowest BCUT2D eigenvalue weighted by molar-refractivity contribution is -0.142. The van der Waals surface area contributed by atoms with E-state index in [9.17, 15) is 4.79 Å². The number of halogens is 1. The molecule has 0 bridgehead atoms. The summed E-state index contributed by atoms with van der Waals surface area (Å²) in [7, 11) is 1.57. The maximum atomic E-state index is 11.5. The van der Waals surface area contributed by atoms with Crippen LogP contribution in [0.5, 0.6) is 5.75 Å². The second-order valence-electron chi connectivity index (χ2n) is 2.86. The highest BCUT2D eigenvalue weighted by Crippen LogP contribution is 2.31. The highest BCUT2D eigenvalue weighted by atomic mass is 79.9. The highest BCUT2D eigenvalue weighted by molar-refractivity contribution is 9.09. The number of carbonyl (C=O) groups excluding carboxylic acids is 1. The van der Waals surface area contributed by atoms with Gasteiger partial charge in [0.05, 0.1) is 13.7 Å². The third-order valence-electron chi connectivity index (χ3n) is 1.91. The first-order chi connectivity index (χ1) is 7.20. The van der Waals surface area contributed by atoms with Crippen molar-refractivity contribution in [1.29, 1.82) is 0 Å². The van der Waals surface area contributed by atoms with E-state index in [1.165, 1.54) is 0 Å². The molecule has 0 aliphatic heterocycles. The molecule has 82 valence electrons. The van der Waals surface area contributed by atoms with Crippen molar-refractivity contribution < 1.29 is 14.3 Å². The molecule has 0 spiro atoms. The minimum atomic E-state index is -0.478. The molecule has 0 N–H and O–H groups in total. The fourth-order valence-electron chi connectivity index (χ4n) is 1.22. The van der Waals surface area contributed by atoms with Gasteiger partial charge in [-0.1, -0.05) is 34.1 Å². The van der Waals surface area contributed by atoms with E-state index in [0.717, 1.165) is 5.56 Å². The zero-order valence-electron chi connectivity index (χ0n) is 8.70. The topological polar surface area (TPSA) is 35.5 Å². The number of alkyl halides is 1. The Labute approximate surface area is 97.5 Å². The van der Waals surface area contributed by atoms with E-state index in [1.54, 1.807) is 14.0 Å². The Morgan fingerprint density at radius 1 is 1.47 bits per heavy atom. The van der Waals surface area contributed by atoms with Crippen LogP contribution in [-0.2, 0) is 9.53 Å². The van der Waals surface area contributed by atoms with Gasteiger partial charge in [0, 0.05) is 5.56 Å². The lowest BCUT2D eigenvalue weighted by atomic mass is 10.1. The number of hydrogen-bond donors (Lipinski definition) is 0. The van der Waals surface area contributed by atoms with E-state index in [1.807, 2.05) is 24.3 Å². The molecule has 0 aliphatic carbocycles. The summed E-state index contributed by atoms with van der Waals surface area (Å²) in [5.41, 5.74) is 0.776. The third kappa shape index (κ3) is 2.96. The van der Waals surface area contributed by atoms with Crippen LogP contribution in [0, 0.1) is 0 Å². The van der Waals surface area contributed by atoms with E-state index in [2.05, 4.69) is 15.9 Å². The Morgan fingerprint density at radius 3 is 2.73 bits per heavy atom. The smallest absolute Gasteiger partial charge is 0.324 e. The van der Waals surface area contributed by atoms with Gasteiger partial charge in [0.1, 0.15) is 10.6 Å². The van der Waals surface area contributed by atoms with Crippen LogP contribution in [0.3, 0.4) is 0 Å². The summed E-state index contributed by atoms with van der Waals surface area (Å²) in [5.74, 6) is 0.370. The molecular formula is C11H13BrO3. The van der Waals surface area contributed by atoms with Crippen molar-refractivity contribution in [1.82, 2.24) is 0 Å². The Morgan fingerprint density at radius 2 is 2.13 bits per heavy atom. The van der Waals surface area contributed by atoms with E-state index in [0.29, 0.717) is 12.4 Å². The summed E-state index contributed by atoms with van der Waals surface area (Å²) in [6, 6.07) is 7.34. The van der Waals surface area contributed by atoms with E-state index >= 15 is 0 Å². The van der Waals surface area contributed by atoms with Gasteiger partial charge in [0.2, 0.25) is 0 Å². The van der Waals surface area contributed by atoms with Crippen LogP contribution in [0.4, 0.5) is 0 Å². The van der Waals surface area contributed by atoms with E-state index < -0.39 is 4.83 Å². The van der Waals surface area contributed by atoms with Gasteiger partial charge < -0.3 is 9.47 Å². The van der Waals surface area contributed by atoms with Crippen LogP contribution >= 0.6 is 15.9 Å². The molecule has 0 saturated carbocycles. The average Bonchev–Trinajstić information content (AvgIpc) is 2.28. The molecule has 0 radical (unpaired) electrons. The SMILES string of the molecule is CCOC(=O)C(Br)c1ccccc1OC. The van der Waals surface area contributed by atoms with Crippen LogP contribution in [0.25, 0.3) is 0 Å². The van der Waals surface area contributed by atoms with Crippen LogP contribution in [0.2, 0.25) is 0 Å².